The summed E-state index contributed by atoms with van der Waals surface area (Å²) in [4.78, 5) is 11.3. The lowest BCUT2D eigenvalue weighted by atomic mass is 10.0. The number of carbonyl (C=O) groups is 1. The molecule has 0 aliphatic heterocycles. The van der Waals surface area contributed by atoms with Gasteiger partial charge in [0, 0.05) is 5.57 Å². The van der Waals surface area contributed by atoms with Gasteiger partial charge in [0.1, 0.15) is 15.7 Å². The number of ether oxygens (including phenoxy) is 3. The van der Waals surface area contributed by atoms with Gasteiger partial charge in [0.2, 0.25) is 0 Å². The van der Waals surface area contributed by atoms with Gasteiger partial charge in [-0.2, -0.15) is 12.8 Å². The first-order valence-corrected chi connectivity index (χ1v) is 9.66. The number of allylic oxidation sites excluding steroid dienone is 3. The molecule has 0 aromatic heterocycles. The zero-order chi connectivity index (χ0) is 21.1. The predicted molar refractivity (Wildman–Crippen MR) is 101 cm³/mol. The molecule has 2 rings (SSSR count). The van der Waals surface area contributed by atoms with Crippen molar-refractivity contribution in [3.8, 4) is 5.75 Å². The molecule has 11 heteroatoms. The Morgan fingerprint density at radius 1 is 1.07 bits per heavy atom. The van der Waals surface area contributed by atoms with Crippen molar-refractivity contribution >= 4 is 44.9 Å². The van der Waals surface area contributed by atoms with Gasteiger partial charge < -0.3 is 19.3 Å². The van der Waals surface area contributed by atoms with Crippen LogP contribution in [0.1, 0.15) is 0 Å². The standard InChI is InChI=1S/C17H15Cl2NO7S/c1-25-12-6-7-13(15(19)14(12)18)28(23,24)20-11-8-9(16(21)26-2)4-5-10(11)17(22)27-3/h4-8,22H,1-3H3/p-1. The van der Waals surface area contributed by atoms with Gasteiger partial charge in [0.25, 0.3) is 10.0 Å². The van der Waals surface area contributed by atoms with Crippen LogP contribution in [0.2, 0.25) is 10.0 Å². The number of rotatable bonds is 5. The van der Waals surface area contributed by atoms with Crippen molar-refractivity contribution in [2.75, 3.05) is 21.3 Å². The van der Waals surface area contributed by atoms with Crippen molar-refractivity contribution in [1.82, 2.24) is 0 Å². The second kappa shape index (κ2) is 8.68. The fourth-order valence-electron chi connectivity index (χ4n) is 2.18. The Morgan fingerprint density at radius 2 is 1.75 bits per heavy atom. The van der Waals surface area contributed by atoms with Crippen molar-refractivity contribution in [3.05, 3.63) is 57.5 Å². The zero-order valence-electron chi connectivity index (χ0n) is 14.9. The number of nitrogens with zero attached hydrogens (tertiary/aromatic N) is 1. The minimum atomic E-state index is -4.41. The van der Waals surface area contributed by atoms with E-state index in [0.29, 0.717) is 0 Å². The van der Waals surface area contributed by atoms with Gasteiger partial charge >= 0.3 is 5.97 Å². The van der Waals surface area contributed by atoms with E-state index in [-0.39, 0.29) is 32.7 Å². The van der Waals surface area contributed by atoms with Gasteiger partial charge in [0.15, 0.2) is 0 Å². The first-order valence-electron chi connectivity index (χ1n) is 7.47. The molecular formula is C17H14Cl2NO7S-. The highest BCUT2D eigenvalue weighted by Crippen LogP contribution is 2.37. The molecule has 1 aliphatic rings. The number of methoxy groups -OCH3 is 3. The highest BCUT2D eigenvalue weighted by molar-refractivity contribution is 7.90. The van der Waals surface area contributed by atoms with E-state index in [1.54, 1.807) is 0 Å². The molecule has 0 amide bonds. The number of carbonyl (C=O) groups excluding carboxylic acids is 1. The van der Waals surface area contributed by atoms with Crippen LogP contribution in [-0.4, -0.2) is 41.4 Å². The van der Waals surface area contributed by atoms with E-state index in [1.807, 2.05) is 0 Å². The summed E-state index contributed by atoms with van der Waals surface area (Å²) in [5, 5.41) is 11.5. The Bertz CT molecular complexity index is 1040. The number of halogens is 2. The maximum atomic E-state index is 12.8. The van der Waals surface area contributed by atoms with Crippen LogP contribution in [-0.2, 0) is 24.3 Å². The number of hydrogen-bond acceptors (Lipinski definition) is 7. The second-order valence-corrected chi connectivity index (χ2v) is 7.50. The van der Waals surface area contributed by atoms with Gasteiger partial charge in [-0.3, -0.25) is 0 Å². The smallest absolute Gasteiger partial charge is 0.337 e. The fraction of sp³-hybridized carbons (Fsp3) is 0.176. The molecule has 0 fully saturated rings. The van der Waals surface area contributed by atoms with Crippen LogP contribution >= 0.6 is 23.2 Å². The van der Waals surface area contributed by atoms with Crippen LogP contribution in [0.15, 0.2) is 56.7 Å². The van der Waals surface area contributed by atoms with E-state index in [9.17, 15) is 18.3 Å². The third-order valence-corrected chi connectivity index (χ3v) is 5.86. The topological polar surface area (TPSA) is 114 Å². The molecule has 0 spiro atoms. The first kappa shape index (κ1) is 21.8. The van der Waals surface area contributed by atoms with E-state index < -0.39 is 26.8 Å². The van der Waals surface area contributed by atoms with Crippen LogP contribution in [0.25, 0.3) is 0 Å². The lowest BCUT2D eigenvalue weighted by Crippen LogP contribution is -2.18. The Balaban J connectivity index is 2.67. The first-order chi connectivity index (χ1) is 13.2. The van der Waals surface area contributed by atoms with Crippen molar-refractivity contribution in [3.63, 3.8) is 0 Å². The van der Waals surface area contributed by atoms with E-state index >= 15 is 0 Å². The zero-order valence-corrected chi connectivity index (χ0v) is 17.2. The third kappa shape index (κ3) is 4.32. The molecule has 0 heterocycles. The van der Waals surface area contributed by atoms with Crippen LogP contribution < -0.4 is 9.84 Å². The molecule has 0 N–H and O–H groups in total. The van der Waals surface area contributed by atoms with E-state index in [1.165, 1.54) is 25.3 Å². The van der Waals surface area contributed by atoms with Crippen molar-refractivity contribution in [1.29, 1.82) is 0 Å². The van der Waals surface area contributed by atoms with Gasteiger partial charge in [-0.05, 0) is 31.4 Å². The van der Waals surface area contributed by atoms with E-state index in [2.05, 4.69) is 13.9 Å². The number of benzene rings is 1. The predicted octanol–water partition coefficient (Wildman–Crippen LogP) is 2.02. The monoisotopic (exact) mass is 446 g/mol. The minimum absolute atomic E-state index is 0.0111. The summed E-state index contributed by atoms with van der Waals surface area (Å²) in [7, 11) is -0.791. The van der Waals surface area contributed by atoms with Crippen LogP contribution in [0.4, 0.5) is 0 Å². The summed E-state index contributed by atoms with van der Waals surface area (Å²) < 4.78 is 43.4. The van der Waals surface area contributed by atoms with Gasteiger partial charge in [-0.15, -0.1) is 0 Å². The van der Waals surface area contributed by atoms with Crippen molar-refractivity contribution in [2.24, 2.45) is 4.40 Å². The van der Waals surface area contributed by atoms with Gasteiger partial charge in [0.05, 0.1) is 36.5 Å². The molecule has 1 aromatic carbocycles. The Morgan fingerprint density at radius 3 is 2.32 bits per heavy atom. The van der Waals surface area contributed by atoms with Crippen LogP contribution in [0, 0.1) is 0 Å². The minimum Gasteiger partial charge on any atom is -0.616 e. The SMILES string of the molecule is COC(=O)C1=CC(=NS(=O)(=O)c2ccc(OC)c(Cl)c2Cl)C(=C([O-])OC)C=C1. The fourth-order valence-corrected chi connectivity index (χ4v) is 4.01. The van der Waals surface area contributed by atoms with Crippen molar-refractivity contribution in [2.45, 2.75) is 4.90 Å². The summed E-state index contributed by atoms with van der Waals surface area (Å²) >= 11 is 12.0. The summed E-state index contributed by atoms with van der Waals surface area (Å²) in [5.74, 6) is -1.41. The lowest BCUT2D eigenvalue weighted by Gasteiger charge is -2.18. The second-order valence-electron chi connectivity index (χ2n) is 5.18. The van der Waals surface area contributed by atoms with Crippen molar-refractivity contribution < 1.29 is 32.5 Å². The molecule has 1 aromatic rings. The molecule has 0 saturated carbocycles. The lowest BCUT2D eigenvalue weighted by molar-refractivity contribution is -0.354. The molecule has 150 valence electrons. The highest BCUT2D eigenvalue weighted by Gasteiger charge is 2.24. The maximum absolute atomic E-state index is 12.8. The quantitative estimate of drug-likeness (QED) is 0.501. The number of hydrogen-bond donors (Lipinski definition) is 0. The molecule has 0 radical (unpaired) electrons. The Kier molecular flexibility index (Phi) is 6.76. The van der Waals surface area contributed by atoms with Gasteiger partial charge in [-0.1, -0.05) is 29.3 Å². The normalized spacial score (nSPS) is 17.2. The maximum Gasteiger partial charge on any atom is 0.337 e. The molecule has 8 nitrogen and oxygen atoms in total. The summed E-state index contributed by atoms with van der Waals surface area (Å²) in [6, 6.07) is 2.47. The third-order valence-electron chi connectivity index (χ3n) is 3.55. The average Bonchev–Trinajstić information content (AvgIpc) is 2.68. The van der Waals surface area contributed by atoms with Crippen LogP contribution in [0.3, 0.4) is 0 Å². The summed E-state index contributed by atoms with van der Waals surface area (Å²) in [6.45, 7) is 0. The molecule has 0 bridgehead atoms. The summed E-state index contributed by atoms with van der Waals surface area (Å²) in [5.41, 5.74) is -0.504. The van der Waals surface area contributed by atoms with Gasteiger partial charge in [-0.25, -0.2) is 4.79 Å². The Hall–Kier alpha value is -2.49. The largest absolute Gasteiger partial charge is 0.616 e. The molecular weight excluding hydrogens is 433 g/mol. The summed E-state index contributed by atoms with van der Waals surface area (Å²) in [6.07, 6.45) is 3.57. The number of sulfonamides is 1. The average molecular weight is 447 g/mol. The molecule has 1 aliphatic carbocycles. The molecule has 0 unspecified atom stereocenters. The molecule has 28 heavy (non-hydrogen) atoms. The Labute approximate surface area is 171 Å². The molecule has 0 saturated heterocycles. The molecule has 0 atom stereocenters. The highest BCUT2D eigenvalue weighted by atomic mass is 35.5. The number of esters is 1. The van der Waals surface area contributed by atoms with Crippen LogP contribution in [0.5, 0.6) is 5.75 Å². The van der Waals surface area contributed by atoms with E-state index in [4.69, 9.17) is 27.9 Å². The van der Waals surface area contributed by atoms with E-state index in [0.717, 1.165) is 26.4 Å².